The number of thioether (sulfide) groups is 1. The summed E-state index contributed by atoms with van der Waals surface area (Å²) in [6, 6.07) is 1.46. The minimum absolute atomic E-state index is 0.114. The van der Waals surface area contributed by atoms with E-state index in [1.165, 1.54) is 17.8 Å². The van der Waals surface area contributed by atoms with Crippen LogP contribution < -0.4 is 16.8 Å². The highest BCUT2D eigenvalue weighted by Crippen LogP contribution is 2.15. The summed E-state index contributed by atoms with van der Waals surface area (Å²) in [6.07, 6.45) is 0. The summed E-state index contributed by atoms with van der Waals surface area (Å²) in [6.45, 7) is 0.966. The average Bonchev–Trinajstić information content (AvgIpc) is 2.25. The maximum Gasteiger partial charge on any atom is 0.230 e. The molecule has 94 valence electrons. The first-order chi connectivity index (χ1) is 8.11. The average molecular weight is 257 g/mol. The molecule has 1 rings (SSSR count). The quantitative estimate of drug-likeness (QED) is 0.357. The van der Waals surface area contributed by atoms with Gasteiger partial charge in [-0.3, -0.25) is 4.79 Å². The van der Waals surface area contributed by atoms with Gasteiger partial charge in [0.2, 0.25) is 5.91 Å². The smallest absolute Gasteiger partial charge is 0.230 e. The molecule has 0 radical (unpaired) electrons. The van der Waals surface area contributed by atoms with Crippen LogP contribution in [-0.2, 0) is 9.53 Å². The standard InChI is InChI=1S/C9H15N5O2S/c1-16-3-2-12-8(15)5-17-9-13-6(10)4-7(11)14-9/h4H,2-3,5H2,1H3,(H,12,15)(H4,10,11,13,14). The number of hydrogen-bond donors (Lipinski definition) is 3. The van der Waals surface area contributed by atoms with Gasteiger partial charge in [-0.1, -0.05) is 11.8 Å². The Morgan fingerprint density at radius 1 is 1.47 bits per heavy atom. The first kappa shape index (κ1) is 13.5. The van der Waals surface area contributed by atoms with Gasteiger partial charge in [-0.2, -0.15) is 0 Å². The lowest BCUT2D eigenvalue weighted by Gasteiger charge is -2.04. The van der Waals surface area contributed by atoms with Crippen LogP contribution in [0.2, 0.25) is 0 Å². The monoisotopic (exact) mass is 257 g/mol. The van der Waals surface area contributed by atoms with Crippen LogP contribution in [0.4, 0.5) is 11.6 Å². The Bertz CT molecular complexity index is 367. The number of nitrogens with one attached hydrogen (secondary N) is 1. The van der Waals surface area contributed by atoms with Crippen LogP contribution in [0.5, 0.6) is 0 Å². The van der Waals surface area contributed by atoms with Crippen molar-refractivity contribution >= 4 is 29.3 Å². The molecular formula is C9H15N5O2S. The number of aromatic nitrogens is 2. The van der Waals surface area contributed by atoms with Crippen LogP contribution in [0.1, 0.15) is 0 Å². The van der Waals surface area contributed by atoms with E-state index >= 15 is 0 Å². The molecule has 0 fully saturated rings. The molecule has 0 atom stereocenters. The van der Waals surface area contributed by atoms with Gasteiger partial charge in [0, 0.05) is 19.7 Å². The van der Waals surface area contributed by atoms with Gasteiger partial charge in [-0.25, -0.2) is 9.97 Å². The third-order valence-corrected chi connectivity index (χ3v) is 2.55. The Kier molecular flexibility index (Phi) is 5.50. The first-order valence-electron chi connectivity index (χ1n) is 4.90. The number of nitrogens with zero attached hydrogens (tertiary/aromatic N) is 2. The zero-order valence-electron chi connectivity index (χ0n) is 9.47. The van der Waals surface area contributed by atoms with E-state index in [0.29, 0.717) is 29.9 Å². The van der Waals surface area contributed by atoms with Gasteiger partial charge in [0.15, 0.2) is 5.16 Å². The summed E-state index contributed by atoms with van der Waals surface area (Å²) in [5, 5.41) is 3.07. The van der Waals surface area contributed by atoms with Gasteiger partial charge < -0.3 is 21.5 Å². The normalized spacial score (nSPS) is 10.2. The van der Waals surface area contributed by atoms with Gasteiger partial charge in [0.25, 0.3) is 0 Å². The Balaban J connectivity index is 2.36. The molecule has 1 amide bonds. The van der Waals surface area contributed by atoms with Crippen LogP contribution in [0.3, 0.4) is 0 Å². The number of anilines is 2. The summed E-state index contributed by atoms with van der Waals surface area (Å²) in [7, 11) is 1.57. The molecule has 8 heteroatoms. The van der Waals surface area contributed by atoms with E-state index < -0.39 is 0 Å². The molecule has 0 aliphatic carbocycles. The summed E-state index contributed by atoms with van der Waals surface area (Å²) in [5.74, 6) is 0.684. The van der Waals surface area contributed by atoms with Crippen LogP contribution in [0.15, 0.2) is 11.2 Å². The lowest BCUT2D eigenvalue weighted by Crippen LogP contribution is -2.28. The molecule has 0 saturated heterocycles. The minimum atomic E-state index is -0.114. The molecule has 1 aromatic rings. The third kappa shape index (κ3) is 5.36. The van der Waals surface area contributed by atoms with Crippen molar-refractivity contribution in [2.45, 2.75) is 5.16 Å². The number of nitrogens with two attached hydrogens (primary N) is 2. The van der Waals surface area contributed by atoms with Gasteiger partial charge in [0.05, 0.1) is 12.4 Å². The molecule has 0 bridgehead atoms. The number of ether oxygens (including phenoxy) is 1. The van der Waals surface area contributed by atoms with Gasteiger partial charge in [-0.15, -0.1) is 0 Å². The molecule has 5 N–H and O–H groups in total. The predicted molar refractivity (Wildman–Crippen MR) is 66.5 cm³/mol. The molecule has 0 spiro atoms. The lowest BCUT2D eigenvalue weighted by molar-refractivity contribution is -0.118. The Morgan fingerprint density at radius 3 is 2.71 bits per heavy atom. The number of rotatable bonds is 6. The highest BCUT2D eigenvalue weighted by atomic mass is 32.2. The fourth-order valence-electron chi connectivity index (χ4n) is 1.00. The van der Waals surface area contributed by atoms with E-state index in [4.69, 9.17) is 16.2 Å². The Hall–Kier alpha value is -1.54. The second-order valence-corrected chi connectivity index (χ2v) is 4.07. The summed E-state index contributed by atoms with van der Waals surface area (Å²) >= 11 is 1.18. The molecule has 1 heterocycles. The van der Waals surface area contributed by atoms with Crippen molar-refractivity contribution in [1.29, 1.82) is 0 Å². The molecule has 7 nitrogen and oxygen atoms in total. The molecule has 1 aromatic heterocycles. The molecule has 0 aliphatic rings. The summed E-state index contributed by atoms with van der Waals surface area (Å²) in [5.41, 5.74) is 11.0. The molecule has 0 unspecified atom stereocenters. The molecular weight excluding hydrogens is 242 g/mol. The van der Waals surface area contributed by atoms with Crippen molar-refractivity contribution < 1.29 is 9.53 Å². The highest BCUT2D eigenvalue weighted by Gasteiger charge is 2.05. The topological polar surface area (TPSA) is 116 Å². The third-order valence-electron chi connectivity index (χ3n) is 1.71. The van der Waals surface area contributed by atoms with Crippen LogP contribution in [0.25, 0.3) is 0 Å². The van der Waals surface area contributed by atoms with Crippen molar-refractivity contribution in [2.75, 3.05) is 37.5 Å². The molecule has 0 aliphatic heterocycles. The van der Waals surface area contributed by atoms with E-state index in [1.54, 1.807) is 7.11 Å². The Labute approximate surface area is 103 Å². The highest BCUT2D eigenvalue weighted by molar-refractivity contribution is 7.99. The number of amides is 1. The molecule has 0 saturated carbocycles. The minimum Gasteiger partial charge on any atom is -0.383 e. The maximum atomic E-state index is 11.4. The zero-order chi connectivity index (χ0) is 12.7. The second kappa shape index (κ2) is 6.92. The van der Waals surface area contributed by atoms with Crippen LogP contribution >= 0.6 is 11.8 Å². The molecule has 0 aromatic carbocycles. The van der Waals surface area contributed by atoms with Crippen molar-refractivity contribution in [3.8, 4) is 0 Å². The number of carbonyl (C=O) groups is 1. The largest absolute Gasteiger partial charge is 0.383 e. The summed E-state index contributed by atoms with van der Waals surface area (Å²) in [4.78, 5) is 19.3. The van der Waals surface area contributed by atoms with E-state index in [9.17, 15) is 4.79 Å². The van der Waals surface area contributed by atoms with Crippen molar-refractivity contribution in [1.82, 2.24) is 15.3 Å². The zero-order valence-corrected chi connectivity index (χ0v) is 10.3. The van der Waals surface area contributed by atoms with Gasteiger partial charge in [-0.05, 0) is 0 Å². The number of methoxy groups -OCH3 is 1. The lowest BCUT2D eigenvalue weighted by atomic mass is 10.5. The Morgan fingerprint density at radius 2 is 2.12 bits per heavy atom. The number of nitrogen functional groups attached to an aromatic ring is 2. The van der Waals surface area contributed by atoms with Gasteiger partial charge in [0.1, 0.15) is 11.6 Å². The van der Waals surface area contributed by atoms with E-state index in [0.717, 1.165) is 0 Å². The first-order valence-corrected chi connectivity index (χ1v) is 5.89. The van der Waals surface area contributed by atoms with Gasteiger partial charge >= 0.3 is 0 Å². The fraction of sp³-hybridized carbons (Fsp3) is 0.444. The number of carbonyl (C=O) groups excluding carboxylic acids is 1. The van der Waals surface area contributed by atoms with Crippen LogP contribution in [0, 0.1) is 0 Å². The summed E-state index contributed by atoms with van der Waals surface area (Å²) < 4.78 is 4.81. The van der Waals surface area contributed by atoms with E-state index in [1.807, 2.05) is 0 Å². The second-order valence-electron chi connectivity index (χ2n) is 3.13. The predicted octanol–water partition coefficient (Wildman–Crippen LogP) is -0.504. The van der Waals surface area contributed by atoms with Crippen molar-refractivity contribution in [3.05, 3.63) is 6.07 Å². The van der Waals surface area contributed by atoms with Crippen molar-refractivity contribution in [2.24, 2.45) is 0 Å². The maximum absolute atomic E-state index is 11.4. The van der Waals surface area contributed by atoms with Crippen molar-refractivity contribution in [3.63, 3.8) is 0 Å². The fourth-order valence-corrected chi connectivity index (χ4v) is 1.70. The van der Waals surface area contributed by atoms with E-state index in [2.05, 4.69) is 15.3 Å². The molecule has 17 heavy (non-hydrogen) atoms. The number of hydrogen-bond acceptors (Lipinski definition) is 7. The van der Waals surface area contributed by atoms with Crippen LogP contribution in [-0.4, -0.2) is 41.9 Å². The SMILES string of the molecule is COCCNC(=O)CSc1nc(N)cc(N)n1. The van der Waals surface area contributed by atoms with E-state index in [-0.39, 0.29) is 11.7 Å².